The lowest BCUT2D eigenvalue weighted by molar-refractivity contribution is 0.0772. The summed E-state index contributed by atoms with van der Waals surface area (Å²) in [6, 6.07) is 3.86. The summed E-state index contributed by atoms with van der Waals surface area (Å²) in [5.41, 5.74) is 6.19. The van der Waals surface area contributed by atoms with Gasteiger partial charge in [0.1, 0.15) is 5.82 Å². The highest BCUT2D eigenvalue weighted by atomic mass is 19.1. The second-order valence-corrected chi connectivity index (χ2v) is 3.74. The molecule has 0 aromatic heterocycles. The number of hydrogen-bond donors (Lipinski definition) is 1. The van der Waals surface area contributed by atoms with E-state index >= 15 is 0 Å². The lowest BCUT2D eigenvalue weighted by Gasteiger charge is -2.23. The van der Waals surface area contributed by atoms with Crippen LogP contribution in [0.4, 0.5) is 10.1 Å². The van der Waals surface area contributed by atoms with Crippen molar-refractivity contribution in [3.05, 3.63) is 41.7 Å². The van der Waals surface area contributed by atoms with E-state index in [1.807, 2.05) is 12.2 Å². The highest BCUT2D eigenvalue weighted by Gasteiger charge is 2.18. The fraction of sp³-hybridized carbons (Fsp3) is 0.250. The highest BCUT2D eigenvalue weighted by molar-refractivity contribution is 5.99. The van der Waals surface area contributed by atoms with Crippen LogP contribution in [0.1, 0.15) is 16.8 Å². The van der Waals surface area contributed by atoms with E-state index in [9.17, 15) is 9.18 Å². The summed E-state index contributed by atoms with van der Waals surface area (Å²) in [4.78, 5) is 13.7. The minimum Gasteiger partial charge on any atom is -0.398 e. The second kappa shape index (κ2) is 4.35. The van der Waals surface area contributed by atoms with Gasteiger partial charge in [0, 0.05) is 18.8 Å². The predicted molar refractivity (Wildman–Crippen MR) is 60.5 cm³/mol. The van der Waals surface area contributed by atoms with Gasteiger partial charge < -0.3 is 10.6 Å². The lowest BCUT2D eigenvalue weighted by Crippen LogP contribution is -2.34. The maximum atomic E-state index is 12.8. The SMILES string of the molecule is Nc1cc(F)ccc1C(=O)N1CC=CCC1. The number of nitrogens with two attached hydrogens (primary N) is 1. The van der Waals surface area contributed by atoms with Crippen molar-refractivity contribution in [2.45, 2.75) is 6.42 Å². The monoisotopic (exact) mass is 220 g/mol. The number of halogens is 1. The van der Waals surface area contributed by atoms with Gasteiger partial charge in [-0.3, -0.25) is 4.79 Å². The van der Waals surface area contributed by atoms with Gasteiger partial charge in [-0.2, -0.15) is 0 Å². The lowest BCUT2D eigenvalue weighted by atomic mass is 10.1. The van der Waals surface area contributed by atoms with Crippen LogP contribution in [0.5, 0.6) is 0 Å². The van der Waals surface area contributed by atoms with E-state index in [1.165, 1.54) is 18.2 Å². The molecule has 16 heavy (non-hydrogen) atoms. The Hall–Kier alpha value is -1.84. The van der Waals surface area contributed by atoms with E-state index in [0.717, 1.165) is 6.42 Å². The summed E-state index contributed by atoms with van der Waals surface area (Å²) in [6.07, 6.45) is 4.84. The van der Waals surface area contributed by atoms with Crippen LogP contribution in [0.25, 0.3) is 0 Å². The molecule has 0 fully saturated rings. The smallest absolute Gasteiger partial charge is 0.256 e. The van der Waals surface area contributed by atoms with Gasteiger partial charge in [-0.05, 0) is 24.6 Å². The number of carbonyl (C=O) groups excluding carboxylic acids is 1. The molecule has 84 valence electrons. The molecule has 0 bridgehead atoms. The minimum atomic E-state index is -0.424. The summed E-state index contributed by atoms with van der Waals surface area (Å²) >= 11 is 0. The largest absolute Gasteiger partial charge is 0.398 e. The molecule has 0 aliphatic carbocycles. The van der Waals surface area contributed by atoms with Gasteiger partial charge >= 0.3 is 0 Å². The molecule has 0 spiro atoms. The van der Waals surface area contributed by atoms with E-state index in [2.05, 4.69) is 0 Å². The van der Waals surface area contributed by atoms with E-state index < -0.39 is 5.82 Å². The number of carbonyl (C=O) groups is 1. The van der Waals surface area contributed by atoms with E-state index in [0.29, 0.717) is 18.7 Å². The fourth-order valence-electron chi connectivity index (χ4n) is 1.72. The summed E-state index contributed by atoms with van der Waals surface area (Å²) in [6.45, 7) is 1.28. The van der Waals surface area contributed by atoms with Crippen LogP contribution in [-0.4, -0.2) is 23.9 Å². The fourth-order valence-corrected chi connectivity index (χ4v) is 1.72. The van der Waals surface area contributed by atoms with Gasteiger partial charge in [0.2, 0.25) is 0 Å². The minimum absolute atomic E-state index is 0.137. The number of rotatable bonds is 1. The Morgan fingerprint density at radius 1 is 1.38 bits per heavy atom. The summed E-state index contributed by atoms with van der Waals surface area (Å²) < 4.78 is 12.8. The van der Waals surface area contributed by atoms with Gasteiger partial charge in [-0.25, -0.2) is 4.39 Å². The third-order valence-electron chi connectivity index (χ3n) is 2.59. The quantitative estimate of drug-likeness (QED) is 0.579. The van der Waals surface area contributed by atoms with Crippen molar-refractivity contribution in [3.63, 3.8) is 0 Å². The Morgan fingerprint density at radius 2 is 2.19 bits per heavy atom. The molecule has 3 nitrogen and oxygen atoms in total. The third kappa shape index (κ3) is 2.05. The van der Waals surface area contributed by atoms with Crippen LogP contribution in [0.3, 0.4) is 0 Å². The van der Waals surface area contributed by atoms with Crippen molar-refractivity contribution >= 4 is 11.6 Å². The topological polar surface area (TPSA) is 46.3 Å². The van der Waals surface area contributed by atoms with Crippen LogP contribution in [0.2, 0.25) is 0 Å². The first-order valence-corrected chi connectivity index (χ1v) is 5.18. The van der Waals surface area contributed by atoms with Crippen molar-refractivity contribution in [1.82, 2.24) is 4.90 Å². The van der Waals surface area contributed by atoms with Crippen molar-refractivity contribution < 1.29 is 9.18 Å². The van der Waals surface area contributed by atoms with Crippen LogP contribution in [-0.2, 0) is 0 Å². The van der Waals surface area contributed by atoms with Gasteiger partial charge in [0.25, 0.3) is 5.91 Å². The van der Waals surface area contributed by atoms with Gasteiger partial charge in [0.05, 0.1) is 5.56 Å². The van der Waals surface area contributed by atoms with E-state index in [1.54, 1.807) is 4.90 Å². The van der Waals surface area contributed by atoms with Crippen molar-refractivity contribution in [3.8, 4) is 0 Å². The molecule has 4 heteroatoms. The maximum Gasteiger partial charge on any atom is 0.256 e. The molecule has 0 radical (unpaired) electrons. The first-order valence-electron chi connectivity index (χ1n) is 5.18. The van der Waals surface area contributed by atoms with Gasteiger partial charge in [-0.1, -0.05) is 12.2 Å². The number of hydrogen-bond acceptors (Lipinski definition) is 2. The second-order valence-electron chi connectivity index (χ2n) is 3.74. The average Bonchev–Trinajstić information content (AvgIpc) is 2.29. The number of benzene rings is 1. The summed E-state index contributed by atoms with van der Waals surface area (Å²) in [5, 5.41) is 0. The molecule has 0 atom stereocenters. The normalized spacial score (nSPS) is 15.2. The highest BCUT2D eigenvalue weighted by Crippen LogP contribution is 2.17. The molecule has 2 rings (SSSR count). The zero-order valence-corrected chi connectivity index (χ0v) is 8.82. The summed E-state index contributed by atoms with van der Waals surface area (Å²) in [5.74, 6) is -0.561. The van der Waals surface area contributed by atoms with Crippen LogP contribution in [0.15, 0.2) is 30.4 Å². The molecular formula is C12H13FN2O. The Kier molecular flexibility index (Phi) is 2.90. The molecule has 0 unspecified atom stereocenters. The average molecular weight is 220 g/mol. The number of nitrogens with zero attached hydrogens (tertiary/aromatic N) is 1. The van der Waals surface area contributed by atoms with E-state index in [-0.39, 0.29) is 11.6 Å². The number of amides is 1. The number of nitrogen functional groups attached to an aromatic ring is 1. The zero-order valence-electron chi connectivity index (χ0n) is 8.82. The molecule has 1 aromatic rings. The van der Waals surface area contributed by atoms with Crippen LogP contribution in [0, 0.1) is 5.82 Å². The molecule has 1 aliphatic heterocycles. The Labute approximate surface area is 93.4 Å². The number of anilines is 1. The Morgan fingerprint density at radius 3 is 2.81 bits per heavy atom. The third-order valence-corrected chi connectivity index (χ3v) is 2.59. The van der Waals surface area contributed by atoms with E-state index in [4.69, 9.17) is 5.73 Å². The maximum absolute atomic E-state index is 12.8. The molecule has 1 heterocycles. The molecule has 1 aliphatic rings. The Bertz CT molecular complexity index is 443. The summed E-state index contributed by atoms with van der Waals surface area (Å²) in [7, 11) is 0. The predicted octanol–water partition coefficient (Wildman–Crippen LogP) is 1.81. The first-order chi connectivity index (χ1) is 7.68. The zero-order chi connectivity index (χ0) is 11.5. The van der Waals surface area contributed by atoms with Crippen LogP contribution < -0.4 is 5.73 Å². The van der Waals surface area contributed by atoms with Gasteiger partial charge in [0.15, 0.2) is 0 Å². The van der Waals surface area contributed by atoms with Crippen LogP contribution >= 0.6 is 0 Å². The Balaban J connectivity index is 2.23. The molecule has 1 aromatic carbocycles. The van der Waals surface area contributed by atoms with Crippen molar-refractivity contribution in [1.29, 1.82) is 0 Å². The van der Waals surface area contributed by atoms with Gasteiger partial charge in [-0.15, -0.1) is 0 Å². The molecular weight excluding hydrogens is 207 g/mol. The molecule has 2 N–H and O–H groups in total. The van der Waals surface area contributed by atoms with Crippen molar-refractivity contribution in [2.75, 3.05) is 18.8 Å². The standard InChI is InChI=1S/C12H13FN2O/c13-9-4-5-10(11(14)8-9)12(16)15-6-2-1-3-7-15/h1-2,4-5,8H,3,6-7,14H2. The first kappa shape index (κ1) is 10.7. The van der Waals surface area contributed by atoms with Crippen molar-refractivity contribution in [2.24, 2.45) is 0 Å². The molecule has 0 saturated carbocycles. The molecule has 0 saturated heterocycles. The molecule has 1 amide bonds.